The maximum atomic E-state index is 11.2. The van der Waals surface area contributed by atoms with Crippen LogP contribution >= 0.6 is 11.6 Å². The summed E-state index contributed by atoms with van der Waals surface area (Å²) in [6.45, 7) is 1.46. The van der Waals surface area contributed by atoms with Crippen molar-refractivity contribution in [3.05, 3.63) is 23.0 Å². The molecule has 5 heteroatoms. The van der Waals surface area contributed by atoms with Crippen LogP contribution in [-0.2, 0) is 7.05 Å². The van der Waals surface area contributed by atoms with Gasteiger partial charge in [-0.2, -0.15) is 5.10 Å². The molecule has 2 aromatic heterocycles. The Morgan fingerprint density at radius 2 is 2.21 bits per heavy atom. The summed E-state index contributed by atoms with van der Waals surface area (Å²) in [6, 6.07) is 0. The molecule has 2 aromatic rings. The number of hydrogen-bond donors (Lipinski definition) is 0. The van der Waals surface area contributed by atoms with Crippen molar-refractivity contribution in [1.29, 1.82) is 0 Å². The number of nitrogens with zero attached hydrogens (tertiary/aromatic N) is 3. The number of rotatable bonds is 1. The van der Waals surface area contributed by atoms with E-state index in [-0.39, 0.29) is 5.78 Å². The van der Waals surface area contributed by atoms with Gasteiger partial charge < -0.3 is 0 Å². The molecule has 72 valence electrons. The van der Waals surface area contributed by atoms with E-state index in [0.29, 0.717) is 21.6 Å². The molecule has 0 spiro atoms. The fourth-order valence-electron chi connectivity index (χ4n) is 1.31. The third-order valence-electron chi connectivity index (χ3n) is 2.08. The van der Waals surface area contributed by atoms with Crippen LogP contribution in [0.2, 0.25) is 5.02 Å². The second kappa shape index (κ2) is 3.06. The highest BCUT2D eigenvalue weighted by Crippen LogP contribution is 2.25. The van der Waals surface area contributed by atoms with Crippen molar-refractivity contribution in [3.63, 3.8) is 0 Å². The monoisotopic (exact) mass is 209 g/mol. The molecular formula is C9H8ClN3O. The first-order chi connectivity index (χ1) is 6.61. The van der Waals surface area contributed by atoms with Crippen LogP contribution in [0.5, 0.6) is 0 Å². The smallest absolute Gasteiger partial charge is 0.162 e. The van der Waals surface area contributed by atoms with Gasteiger partial charge >= 0.3 is 0 Å². The Labute approximate surface area is 85.5 Å². The maximum absolute atomic E-state index is 11.2. The average molecular weight is 210 g/mol. The fraction of sp³-hybridized carbons (Fsp3) is 0.222. The third-order valence-corrected chi connectivity index (χ3v) is 2.48. The lowest BCUT2D eigenvalue weighted by atomic mass is 10.2. The van der Waals surface area contributed by atoms with Crippen LogP contribution in [0.3, 0.4) is 0 Å². The van der Waals surface area contributed by atoms with E-state index in [2.05, 4.69) is 10.1 Å². The SMILES string of the molecule is CC(=O)c1cnc2c(cnn2C)c1Cl. The molecule has 2 heterocycles. The Bertz CT molecular complexity index is 518. The molecular weight excluding hydrogens is 202 g/mol. The number of carbonyl (C=O) groups is 1. The van der Waals surface area contributed by atoms with Crippen molar-refractivity contribution >= 4 is 28.4 Å². The zero-order chi connectivity index (χ0) is 10.3. The van der Waals surface area contributed by atoms with Gasteiger partial charge in [-0.05, 0) is 6.92 Å². The zero-order valence-corrected chi connectivity index (χ0v) is 8.54. The van der Waals surface area contributed by atoms with Gasteiger partial charge in [0.1, 0.15) is 0 Å². The molecule has 0 radical (unpaired) electrons. The van der Waals surface area contributed by atoms with Crippen LogP contribution in [0, 0.1) is 0 Å². The minimum atomic E-state index is -0.0896. The van der Waals surface area contributed by atoms with E-state index in [1.165, 1.54) is 13.1 Å². The second-order valence-corrected chi connectivity index (χ2v) is 3.43. The summed E-state index contributed by atoms with van der Waals surface area (Å²) >= 11 is 6.04. The van der Waals surface area contributed by atoms with E-state index < -0.39 is 0 Å². The average Bonchev–Trinajstić information content (AvgIpc) is 2.49. The van der Waals surface area contributed by atoms with Gasteiger partial charge in [0.25, 0.3) is 0 Å². The lowest BCUT2D eigenvalue weighted by molar-refractivity contribution is 0.101. The number of carbonyl (C=O) groups excluding carboxylic acids is 1. The number of Topliss-reactive ketones (excluding diaryl/α,β-unsaturated/α-hetero) is 1. The predicted octanol–water partition coefficient (Wildman–Crippen LogP) is 1.82. The minimum Gasteiger partial charge on any atom is -0.294 e. The van der Waals surface area contributed by atoms with E-state index in [0.717, 1.165) is 0 Å². The van der Waals surface area contributed by atoms with Gasteiger partial charge in [-0.15, -0.1) is 0 Å². The molecule has 0 aliphatic rings. The molecule has 0 atom stereocenters. The summed E-state index contributed by atoms with van der Waals surface area (Å²) in [5.74, 6) is -0.0896. The fourth-order valence-corrected chi connectivity index (χ4v) is 1.63. The molecule has 0 N–H and O–H groups in total. The first-order valence-electron chi connectivity index (χ1n) is 4.08. The molecule has 0 aliphatic heterocycles. The van der Waals surface area contributed by atoms with Gasteiger partial charge in [-0.1, -0.05) is 11.6 Å². The van der Waals surface area contributed by atoms with E-state index in [1.807, 2.05) is 0 Å². The Hall–Kier alpha value is -1.42. The quantitative estimate of drug-likeness (QED) is 0.674. The molecule has 0 amide bonds. The summed E-state index contributed by atoms with van der Waals surface area (Å²) in [5, 5.41) is 5.15. The molecule has 0 aliphatic carbocycles. The number of hydrogen-bond acceptors (Lipinski definition) is 3. The van der Waals surface area contributed by atoms with Gasteiger partial charge in [-0.25, -0.2) is 4.98 Å². The highest BCUT2D eigenvalue weighted by atomic mass is 35.5. The van der Waals surface area contributed by atoms with E-state index in [1.54, 1.807) is 17.9 Å². The van der Waals surface area contributed by atoms with Crippen molar-refractivity contribution in [2.24, 2.45) is 7.05 Å². The molecule has 0 saturated heterocycles. The largest absolute Gasteiger partial charge is 0.294 e. The number of aryl methyl sites for hydroxylation is 1. The lowest BCUT2D eigenvalue weighted by Crippen LogP contribution is -1.97. The van der Waals surface area contributed by atoms with Gasteiger partial charge in [0.05, 0.1) is 22.2 Å². The number of fused-ring (bicyclic) bond motifs is 1. The van der Waals surface area contributed by atoms with Crippen LogP contribution < -0.4 is 0 Å². The van der Waals surface area contributed by atoms with Crippen molar-refractivity contribution in [2.75, 3.05) is 0 Å². The minimum absolute atomic E-state index is 0.0896. The van der Waals surface area contributed by atoms with Crippen molar-refractivity contribution in [1.82, 2.24) is 14.8 Å². The molecule has 0 aromatic carbocycles. The molecule has 0 unspecified atom stereocenters. The molecule has 0 fully saturated rings. The van der Waals surface area contributed by atoms with Gasteiger partial charge in [-0.3, -0.25) is 9.48 Å². The van der Waals surface area contributed by atoms with Crippen LogP contribution in [0.4, 0.5) is 0 Å². The Morgan fingerprint density at radius 1 is 1.50 bits per heavy atom. The first kappa shape index (κ1) is 9.15. The number of ketones is 1. The van der Waals surface area contributed by atoms with Crippen LogP contribution in [-0.4, -0.2) is 20.5 Å². The van der Waals surface area contributed by atoms with E-state index in [4.69, 9.17) is 11.6 Å². The molecule has 14 heavy (non-hydrogen) atoms. The van der Waals surface area contributed by atoms with E-state index in [9.17, 15) is 4.79 Å². The van der Waals surface area contributed by atoms with Gasteiger partial charge in [0.15, 0.2) is 11.4 Å². The zero-order valence-electron chi connectivity index (χ0n) is 7.78. The molecule has 0 bridgehead atoms. The highest BCUT2D eigenvalue weighted by Gasteiger charge is 2.12. The first-order valence-corrected chi connectivity index (χ1v) is 4.46. The number of aromatic nitrogens is 3. The number of halogens is 1. The molecule has 0 saturated carbocycles. The standard InChI is InChI=1S/C9H8ClN3O/c1-5(14)6-3-11-9-7(8(6)10)4-12-13(9)2/h3-4H,1-2H3. The van der Waals surface area contributed by atoms with Crippen molar-refractivity contribution < 1.29 is 4.79 Å². The summed E-state index contributed by atoms with van der Waals surface area (Å²) in [7, 11) is 1.78. The third kappa shape index (κ3) is 1.19. The highest BCUT2D eigenvalue weighted by molar-refractivity contribution is 6.38. The molecule has 4 nitrogen and oxygen atoms in total. The van der Waals surface area contributed by atoms with Crippen LogP contribution in [0.1, 0.15) is 17.3 Å². The van der Waals surface area contributed by atoms with Crippen LogP contribution in [0.25, 0.3) is 11.0 Å². The lowest BCUT2D eigenvalue weighted by Gasteiger charge is -2.00. The van der Waals surface area contributed by atoms with Crippen LogP contribution in [0.15, 0.2) is 12.4 Å². The van der Waals surface area contributed by atoms with E-state index >= 15 is 0 Å². The van der Waals surface area contributed by atoms with Crippen molar-refractivity contribution in [2.45, 2.75) is 6.92 Å². The van der Waals surface area contributed by atoms with Gasteiger partial charge in [0.2, 0.25) is 0 Å². The summed E-state index contributed by atoms with van der Waals surface area (Å²) < 4.78 is 1.62. The Morgan fingerprint density at radius 3 is 2.86 bits per heavy atom. The topological polar surface area (TPSA) is 47.8 Å². The Balaban J connectivity index is 2.82. The second-order valence-electron chi connectivity index (χ2n) is 3.05. The maximum Gasteiger partial charge on any atom is 0.162 e. The summed E-state index contributed by atoms with van der Waals surface area (Å²) in [4.78, 5) is 15.3. The summed E-state index contributed by atoms with van der Waals surface area (Å²) in [5.41, 5.74) is 1.12. The van der Waals surface area contributed by atoms with Crippen molar-refractivity contribution in [3.8, 4) is 0 Å². The predicted molar refractivity (Wildman–Crippen MR) is 53.5 cm³/mol. The molecule has 2 rings (SSSR count). The normalized spacial score (nSPS) is 10.8. The number of pyridine rings is 1. The summed E-state index contributed by atoms with van der Waals surface area (Å²) in [6.07, 6.45) is 3.09. The van der Waals surface area contributed by atoms with Gasteiger partial charge in [0, 0.05) is 13.2 Å². The Kier molecular flexibility index (Phi) is 2.00.